The standard InChI is InChI=1S/C14H21NO2/c1-13(2,3)10-8-7-9(12(16)17)11(15-10)14(4,5)6/h7-8H,1-6H3,(H,16,17). The van der Waals surface area contributed by atoms with Crippen LogP contribution < -0.4 is 0 Å². The van der Waals surface area contributed by atoms with Crippen molar-refractivity contribution in [3.05, 3.63) is 29.1 Å². The molecule has 1 aromatic rings. The second-order valence-electron chi connectivity index (χ2n) is 6.40. The zero-order valence-corrected chi connectivity index (χ0v) is 11.5. The quantitative estimate of drug-likeness (QED) is 0.811. The molecule has 0 aliphatic carbocycles. The molecule has 0 bridgehead atoms. The van der Waals surface area contributed by atoms with Crippen molar-refractivity contribution in [2.75, 3.05) is 0 Å². The maximum absolute atomic E-state index is 11.2. The normalized spacial score (nSPS) is 12.6. The summed E-state index contributed by atoms with van der Waals surface area (Å²) in [4.78, 5) is 15.7. The molecule has 1 heterocycles. The van der Waals surface area contributed by atoms with Gasteiger partial charge < -0.3 is 5.11 Å². The average Bonchev–Trinajstić information content (AvgIpc) is 2.14. The third-order valence-corrected chi connectivity index (χ3v) is 2.60. The molecule has 0 amide bonds. The van der Waals surface area contributed by atoms with Gasteiger partial charge in [-0.25, -0.2) is 4.79 Å². The van der Waals surface area contributed by atoms with E-state index in [4.69, 9.17) is 0 Å². The van der Waals surface area contributed by atoms with Crippen LogP contribution in [0.4, 0.5) is 0 Å². The van der Waals surface area contributed by atoms with Crippen molar-refractivity contribution in [2.45, 2.75) is 52.4 Å². The van der Waals surface area contributed by atoms with Crippen molar-refractivity contribution in [2.24, 2.45) is 0 Å². The van der Waals surface area contributed by atoms with Gasteiger partial charge in [0, 0.05) is 16.5 Å². The molecular formula is C14H21NO2. The molecule has 17 heavy (non-hydrogen) atoms. The number of nitrogens with zero attached hydrogens (tertiary/aromatic N) is 1. The number of carboxylic acids is 1. The number of hydrogen-bond donors (Lipinski definition) is 1. The minimum absolute atomic E-state index is 0.0724. The van der Waals surface area contributed by atoms with Crippen LogP contribution in [0.2, 0.25) is 0 Å². The monoisotopic (exact) mass is 235 g/mol. The summed E-state index contributed by atoms with van der Waals surface area (Å²) in [7, 11) is 0. The van der Waals surface area contributed by atoms with Crippen LogP contribution in [0.3, 0.4) is 0 Å². The van der Waals surface area contributed by atoms with Gasteiger partial charge in [0.25, 0.3) is 0 Å². The average molecular weight is 235 g/mol. The number of aromatic nitrogens is 1. The van der Waals surface area contributed by atoms with E-state index in [0.717, 1.165) is 5.69 Å². The van der Waals surface area contributed by atoms with Gasteiger partial charge in [-0.2, -0.15) is 0 Å². The highest BCUT2D eigenvalue weighted by molar-refractivity contribution is 5.89. The molecule has 1 rings (SSSR count). The lowest BCUT2D eigenvalue weighted by Crippen LogP contribution is -2.23. The van der Waals surface area contributed by atoms with E-state index < -0.39 is 5.97 Å². The predicted molar refractivity (Wildman–Crippen MR) is 68.6 cm³/mol. The molecule has 3 heteroatoms. The molecule has 0 atom stereocenters. The fourth-order valence-electron chi connectivity index (χ4n) is 1.62. The van der Waals surface area contributed by atoms with Crippen molar-refractivity contribution in [1.82, 2.24) is 4.98 Å². The molecule has 0 fully saturated rings. The summed E-state index contributed by atoms with van der Waals surface area (Å²) in [5.41, 5.74) is 1.53. The van der Waals surface area contributed by atoms with Gasteiger partial charge in [-0.05, 0) is 12.1 Å². The van der Waals surface area contributed by atoms with Crippen LogP contribution in [0.5, 0.6) is 0 Å². The summed E-state index contributed by atoms with van der Waals surface area (Å²) in [6.45, 7) is 12.2. The van der Waals surface area contributed by atoms with E-state index in [1.165, 1.54) is 0 Å². The van der Waals surface area contributed by atoms with E-state index in [-0.39, 0.29) is 10.8 Å². The Hall–Kier alpha value is -1.38. The Morgan fingerprint density at radius 2 is 1.59 bits per heavy atom. The Morgan fingerprint density at radius 1 is 1.06 bits per heavy atom. The lowest BCUT2D eigenvalue weighted by molar-refractivity contribution is 0.0693. The van der Waals surface area contributed by atoms with E-state index in [1.54, 1.807) is 12.1 Å². The first-order valence-corrected chi connectivity index (χ1v) is 5.79. The molecule has 0 aliphatic heterocycles. The van der Waals surface area contributed by atoms with E-state index in [9.17, 15) is 9.90 Å². The zero-order valence-electron chi connectivity index (χ0n) is 11.5. The topological polar surface area (TPSA) is 50.2 Å². The number of carbonyl (C=O) groups is 1. The highest BCUT2D eigenvalue weighted by atomic mass is 16.4. The summed E-state index contributed by atoms with van der Waals surface area (Å²) in [5, 5.41) is 9.18. The van der Waals surface area contributed by atoms with Crippen LogP contribution in [-0.4, -0.2) is 16.1 Å². The molecule has 1 N–H and O–H groups in total. The summed E-state index contributed by atoms with van der Waals surface area (Å²) in [6.07, 6.45) is 0. The van der Waals surface area contributed by atoms with Gasteiger partial charge in [-0.1, -0.05) is 41.5 Å². The molecule has 0 aromatic carbocycles. The van der Waals surface area contributed by atoms with Crippen molar-refractivity contribution in [1.29, 1.82) is 0 Å². The van der Waals surface area contributed by atoms with E-state index in [0.29, 0.717) is 11.3 Å². The molecule has 0 aliphatic rings. The summed E-state index contributed by atoms with van der Waals surface area (Å²) in [6, 6.07) is 3.47. The minimum atomic E-state index is -0.914. The first-order chi connectivity index (χ1) is 7.53. The fourth-order valence-corrected chi connectivity index (χ4v) is 1.62. The van der Waals surface area contributed by atoms with Gasteiger partial charge in [0.05, 0.1) is 11.3 Å². The second-order valence-corrected chi connectivity index (χ2v) is 6.40. The molecule has 3 nitrogen and oxygen atoms in total. The molecular weight excluding hydrogens is 214 g/mol. The van der Waals surface area contributed by atoms with Crippen LogP contribution in [0.25, 0.3) is 0 Å². The maximum atomic E-state index is 11.2. The van der Waals surface area contributed by atoms with Crippen LogP contribution >= 0.6 is 0 Å². The lowest BCUT2D eigenvalue weighted by atomic mass is 9.85. The van der Waals surface area contributed by atoms with Crippen molar-refractivity contribution in [3.63, 3.8) is 0 Å². The largest absolute Gasteiger partial charge is 0.478 e. The number of pyridine rings is 1. The molecule has 0 saturated carbocycles. The molecule has 0 saturated heterocycles. The minimum Gasteiger partial charge on any atom is -0.478 e. The Labute approximate surface area is 103 Å². The molecule has 0 radical (unpaired) electrons. The summed E-state index contributed by atoms with van der Waals surface area (Å²) < 4.78 is 0. The highest BCUT2D eigenvalue weighted by Gasteiger charge is 2.26. The van der Waals surface area contributed by atoms with E-state index in [2.05, 4.69) is 25.8 Å². The number of rotatable bonds is 1. The van der Waals surface area contributed by atoms with Crippen molar-refractivity contribution >= 4 is 5.97 Å². The number of hydrogen-bond acceptors (Lipinski definition) is 2. The SMILES string of the molecule is CC(C)(C)c1ccc(C(=O)O)c(C(C)(C)C)n1. The molecule has 0 unspecified atom stereocenters. The Bertz CT molecular complexity index is 437. The predicted octanol–water partition coefficient (Wildman–Crippen LogP) is 3.37. The van der Waals surface area contributed by atoms with Gasteiger partial charge >= 0.3 is 5.97 Å². The molecule has 1 aromatic heterocycles. The van der Waals surface area contributed by atoms with Gasteiger partial charge in [0.2, 0.25) is 0 Å². The summed E-state index contributed by atoms with van der Waals surface area (Å²) in [5.74, 6) is -0.914. The molecule has 0 spiro atoms. The van der Waals surface area contributed by atoms with Crippen molar-refractivity contribution in [3.8, 4) is 0 Å². The Balaban J connectivity index is 3.46. The first-order valence-electron chi connectivity index (χ1n) is 5.79. The van der Waals surface area contributed by atoms with Crippen LogP contribution in [0.15, 0.2) is 12.1 Å². The smallest absolute Gasteiger partial charge is 0.337 e. The van der Waals surface area contributed by atoms with E-state index in [1.807, 2.05) is 20.8 Å². The third kappa shape index (κ3) is 3.05. The summed E-state index contributed by atoms with van der Waals surface area (Å²) >= 11 is 0. The zero-order chi connectivity index (χ0) is 13.4. The second kappa shape index (κ2) is 4.13. The fraction of sp³-hybridized carbons (Fsp3) is 0.571. The third-order valence-electron chi connectivity index (χ3n) is 2.60. The highest BCUT2D eigenvalue weighted by Crippen LogP contribution is 2.28. The van der Waals surface area contributed by atoms with Crippen LogP contribution in [0.1, 0.15) is 63.3 Å². The van der Waals surface area contributed by atoms with Crippen LogP contribution in [0, 0.1) is 0 Å². The molecule has 94 valence electrons. The van der Waals surface area contributed by atoms with Gasteiger partial charge in [-0.3, -0.25) is 4.98 Å². The van der Waals surface area contributed by atoms with Gasteiger partial charge in [0.1, 0.15) is 0 Å². The van der Waals surface area contributed by atoms with Gasteiger partial charge in [-0.15, -0.1) is 0 Å². The Morgan fingerprint density at radius 3 is 1.94 bits per heavy atom. The number of carboxylic acid groups (broad SMARTS) is 1. The Kier molecular flexibility index (Phi) is 3.33. The number of aromatic carboxylic acids is 1. The van der Waals surface area contributed by atoms with Gasteiger partial charge in [0.15, 0.2) is 0 Å². The maximum Gasteiger partial charge on any atom is 0.337 e. The lowest BCUT2D eigenvalue weighted by Gasteiger charge is -2.24. The van der Waals surface area contributed by atoms with Crippen molar-refractivity contribution < 1.29 is 9.90 Å². The first kappa shape index (κ1) is 13.7. The van der Waals surface area contributed by atoms with Crippen LogP contribution in [-0.2, 0) is 10.8 Å². The van der Waals surface area contributed by atoms with E-state index >= 15 is 0 Å².